The number of halogens is 6. The minimum Gasteiger partial charge on any atom is -0.471 e. The molecule has 0 aliphatic rings. The van der Waals surface area contributed by atoms with E-state index in [9.17, 15) is 31.5 Å². The smallest absolute Gasteiger partial charge is 0.405 e. The van der Waals surface area contributed by atoms with E-state index in [-0.39, 0.29) is 41.8 Å². The highest BCUT2D eigenvalue weighted by atomic mass is 35.5. The third kappa shape index (κ3) is 6.25. The summed E-state index contributed by atoms with van der Waals surface area (Å²) in [5.74, 6) is -2.76. The summed E-state index contributed by atoms with van der Waals surface area (Å²) in [5.41, 5.74) is -0.837. The minimum atomic E-state index is -4.57. The number of aryl methyl sites for hydroxylation is 1. The third-order valence-electron chi connectivity index (χ3n) is 4.36. The van der Waals surface area contributed by atoms with Crippen molar-refractivity contribution in [3.63, 3.8) is 0 Å². The number of rotatable bonds is 7. The molecule has 0 aliphatic heterocycles. The van der Waals surface area contributed by atoms with Crippen molar-refractivity contribution in [3.8, 4) is 5.88 Å². The molecule has 0 unspecified atom stereocenters. The first-order valence-electron chi connectivity index (χ1n) is 9.44. The fourth-order valence-electron chi connectivity index (χ4n) is 2.67. The lowest BCUT2D eigenvalue weighted by molar-refractivity contribution is -0.123. The zero-order valence-corrected chi connectivity index (χ0v) is 18.0. The van der Waals surface area contributed by atoms with Gasteiger partial charge in [-0.2, -0.15) is 18.2 Å². The maximum Gasteiger partial charge on any atom is 0.405 e. The van der Waals surface area contributed by atoms with Crippen molar-refractivity contribution in [2.45, 2.75) is 26.3 Å². The van der Waals surface area contributed by atoms with Crippen molar-refractivity contribution in [2.75, 3.05) is 6.54 Å². The zero-order chi connectivity index (χ0) is 25.0. The first-order chi connectivity index (χ1) is 15.9. The maximum atomic E-state index is 13.8. The van der Waals surface area contributed by atoms with E-state index < -0.39 is 40.8 Å². The molecule has 1 N–H and O–H groups in total. The molecule has 3 rings (SSSR count). The third-order valence-corrected chi connectivity index (χ3v) is 4.68. The van der Waals surface area contributed by atoms with E-state index in [2.05, 4.69) is 15.0 Å². The van der Waals surface area contributed by atoms with Crippen LogP contribution in [0.2, 0.25) is 5.02 Å². The summed E-state index contributed by atoms with van der Waals surface area (Å²) in [5, 5.41) is 1.27. The summed E-state index contributed by atoms with van der Waals surface area (Å²) in [7, 11) is 0. The van der Waals surface area contributed by atoms with E-state index in [0.29, 0.717) is 6.07 Å². The molecule has 180 valence electrons. The molecule has 0 saturated carbocycles. The molecular weight excluding hydrogens is 489 g/mol. The quantitative estimate of drug-likeness (QED) is 0.497. The van der Waals surface area contributed by atoms with Crippen LogP contribution in [0.4, 0.5) is 22.0 Å². The van der Waals surface area contributed by atoms with Gasteiger partial charge in [-0.25, -0.2) is 13.8 Å². The number of amides is 1. The zero-order valence-electron chi connectivity index (χ0n) is 17.3. The van der Waals surface area contributed by atoms with Gasteiger partial charge in [-0.3, -0.25) is 19.1 Å². The number of carbonyl (C=O) groups is 1. The topological polar surface area (TPSA) is 99.0 Å². The number of hydrogen-bond acceptors (Lipinski definition) is 6. The lowest BCUT2D eigenvalue weighted by Crippen LogP contribution is -2.34. The summed E-state index contributed by atoms with van der Waals surface area (Å²) < 4.78 is 69.8. The molecule has 0 fully saturated rings. The van der Waals surface area contributed by atoms with Gasteiger partial charge in [0.15, 0.2) is 5.02 Å². The lowest BCUT2D eigenvalue weighted by Gasteiger charge is -2.13. The average molecular weight is 504 g/mol. The van der Waals surface area contributed by atoms with Gasteiger partial charge in [-0.15, -0.1) is 0 Å². The van der Waals surface area contributed by atoms with Crippen molar-refractivity contribution in [3.05, 3.63) is 80.4 Å². The number of carbonyl (C=O) groups excluding carboxylic acids is 1. The Morgan fingerprint density at radius 3 is 2.56 bits per heavy atom. The molecule has 0 bridgehead atoms. The summed E-state index contributed by atoms with van der Waals surface area (Å²) in [6.45, 7) is -0.571. The molecule has 0 radical (unpaired) electrons. The normalized spacial score (nSPS) is 11.4. The molecule has 8 nitrogen and oxygen atoms in total. The van der Waals surface area contributed by atoms with Crippen molar-refractivity contribution in [2.24, 2.45) is 0 Å². The Labute approximate surface area is 193 Å². The molecule has 34 heavy (non-hydrogen) atoms. The highest BCUT2D eigenvalue weighted by molar-refractivity contribution is 6.31. The maximum absolute atomic E-state index is 13.8. The summed E-state index contributed by atoms with van der Waals surface area (Å²) >= 11 is 6.05. The van der Waals surface area contributed by atoms with Crippen molar-refractivity contribution >= 4 is 17.5 Å². The average Bonchev–Trinajstić information content (AvgIpc) is 2.77. The van der Waals surface area contributed by atoms with Crippen LogP contribution in [-0.4, -0.2) is 38.1 Å². The SMILES string of the molecule is Cc1nc(OCc2ccc(F)cc2F)c(Cl)c(=O)n1Cc1cnc(C(=O)NCC(F)(F)F)cn1. The van der Waals surface area contributed by atoms with Gasteiger partial charge >= 0.3 is 6.18 Å². The number of nitrogens with one attached hydrogen (secondary N) is 1. The molecule has 0 spiro atoms. The molecule has 0 atom stereocenters. The second-order valence-electron chi connectivity index (χ2n) is 6.88. The molecule has 1 amide bonds. The molecule has 14 heteroatoms. The molecule has 2 heterocycles. The van der Waals surface area contributed by atoms with E-state index in [0.717, 1.165) is 23.0 Å². The molecule has 0 aliphatic carbocycles. The Hall–Kier alpha value is -3.61. The minimum absolute atomic E-state index is 0.0238. The Bertz CT molecular complexity index is 1270. The Kier molecular flexibility index (Phi) is 7.44. The van der Waals surface area contributed by atoms with Crippen LogP contribution < -0.4 is 15.6 Å². The van der Waals surface area contributed by atoms with E-state index in [1.54, 1.807) is 5.32 Å². The van der Waals surface area contributed by atoms with Gasteiger partial charge in [0.25, 0.3) is 11.5 Å². The van der Waals surface area contributed by atoms with Crippen LogP contribution in [-0.2, 0) is 13.2 Å². The van der Waals surface area contributed by atoms with E-state index in [1.807, 2.05) is 0 Å². The molecule has 2 aromatic heterocycles. The Morgan fingerprint density at radius 1 is 1.21 bits per heavy atom. The van der Waals surface area contributed by atoms with Crippen LogP contribution >= 0.6 is 11.6 Å². The second-order valence-corrected chi connectivity index (χ2v) is 7.26. The largest absolute Gasteiger partial charge is 0.471 e. The predicted molar refractivity (Wildman–Crippen MR) is 108 cm³/mol. The number of alkyl halides is 3. The molecule has 1 aromatic carbocycles. The van der Waals surface area contributed by atoms with Gasteiger partial charge < -0.3 is 10.1 Å². The summed E-state index contributed by atoms with van der Waals surface area (Å²) in [4.78, 5) is 36.1. The second kappa shape index (κ2) is 10.1. The Balaban J connectivity index is 1.72. The summed E-state index contributed by atoms with van der Waals surface area (Å²) in [6.07, 6.45) is -2.49. The van der Waals surface area contributed by atoms with Crippen molar-refractivity contribution in [1.29, 1.82) is 0 Å². The highest BCUT2D eigenvalue weighted by Crippen LogP contribution is 2.20. The van der Waals surface area contributed by atoms with Gasteiger partial charge in [-0.05, 0) is 19.1 Å². The van der Waals surface area contributed by atoms with E-state index in [4.69, 9.17) is 16.3 Å². The molecular formula is C20H15ClF5N5O3. The highest BCUT2D eigenvalue weighted by Gasteiger charge is 2.28. The molecule has 3 aromatic rings. The van der Waals surface area contributed by atoms with Crippen LogP contribution in [0.1, 0.15) is 27.6 Å². The Morgan fingerprint density at radius 2 is 1.94 bits per heavy atom. The fraction of sp³-hybridized carbons (Fsp3) is 0.250. The van der Waals surface area contributed by atoms with Crippen LogP contribution in [0.3, 0.4) is 0 Å². The van der Waals surface area contributed by atoms with Gasteiger partial charge in [0, 0.05) is 11.6 Å². The van der Waals surface area contributed by atoms with E-state index in [1.165, 1.54) is 13.0 Å². The van der Waals surface area contributed by atoms with E-state index >= 15 is 0 Å². The van der Waals surface area contributed by atoms with Crippen LogP contribution in [0.5, 0.6) is 5.88 Å². The van der Waals surface area contributed by atoms with Gasteiger partial charge in [0.1, 0.15) is 36.3 Å². The predicted octanol–water partition coefficient (Wildman–Crippen LogP) is 3.19. The summed E-state index contributed by atoms with van der Waals surface area (Å²) in [6, 6.07) is 2.91. The number of hydrogen-bond donors (Lipinski definition) is 1. The number of benzene rings is 1. The van der Waals surface area contributed by atoms with Gasteiger partial charge in [0.05, 0.1) is 24.6 Å². The lowest BCUT2D eigenvalue weighted by atomic mass is 10.2. The number of nitrogens with zero attached hydrogens (tertiary/aromatic N) is 4. The first-order valence-corrected chi connectivity index (χ1v) is 9.82. The monoisotopic (exact) mass is 503 g/mol. The van der Waals surface area contributed by atoms with Crippen molar-refractivity contribution < 1.29 is 31.5 Å². The first kappa shape index (κ1) is 25.0. The van der Waals surface area contributed by atoms with Gasteiger partial charge in [-0.1, -0.05) is 11.6 Å². The number of ether oxygens (including phenoxy) is 1. The van der Waals surface area contributed by atoms with Crippen LogP contribution in [0.25, 0.3) is 0 Å². The van der Waals surface area contributed by atoms with Crippen molar-refractivity contribution in [1.82, 2.24) is 24.8 Å². The van der Waals surface area contributed by atoms with Crippen LogP contribution in [0.15, 0.2) is 35.4 Å². The van der Waals surface area contributed by atoms with Gasteiger partial charge in [0.2, 0.25) is 5.88 Å². The molecule has 0 saturated heterocycles. The fourth-order valence-corrected chi connectivity index (χ4v) is 2.87. The number of aromatic nitrogens is 4. The van der Waals surface area contributed by atoms with Crippen LogP contribution in [0, 0.1) is 18.6 Å². The standard InChI is InChI=1S/C20H15ClF5N5O3/c1-10-30-18(34-8-11-2-3-12(22)4-14(11)23)16(21)19(33)31(10)7-13-5-28-15(6-27-13)17(32)29-9-20(24,25)26/h2-6H,7-9H2,1H3,(H,29,32).